The lowest BCUT2D eigenvalue weighted by molar-refractivity contribution is 0.178. The molecule has 1 heterocycles. The van der Waals surface area contributed by atoms with Crippen LogP contribution in [0, 0.1) is 5.92 Å². The average Bonchev–Trinajstić information content (AvgIpc) is 2.27. The summed E-state index contributed by atoms with van der Waals surface area (Å²) in [5.74, 6) is 3.27. The van der Waals surface area contributed by atoms with Gasteiger partial charge in [0.25, 0.3) is 0 Å². The molecule has 2 rings (SSSR count). The lowest BCUT2D eigenvalue weighted by atomic mass is 9.85. The highest BCUT2D eigenvalue weighted by atomic mass is 16.5. The van der Waals surface area contributed by atoms with Crippen molar-refractivity contribution in [2.45, 2.75) is 32.8 Å². The number of nitrogens with one attached hydrogen (secondary N) is 2. The molecule has 0 amide bonds. The Morgan fingerprint density at radius 3 is 2.56 bits per heavy atom. The van der Waals surface area contributed by atoms with Crippen LogP contribution in [0.5, 0.6) is 0 Å². The topological polar surface area (TPSA) is 59.1 Å². The summed E-state index contributed by atoms with van der Waals surface area (Å²) in [5, 5.41) is 6.61. The quantitative estimate of drug-likeness (QED) is 0.777. The van der Waals surface area contributed by atoms with Crippen molar-refractivity contribution in [2.24, 2.45) is 5.92 Å². The highest BCUT2D eigenvalue weighted by Gasteiger charge is 2.17. The van der Waals surface area contributed by atoms with E-state index >= 15 is 0 Å². The summed E-state index contributed by atoms with van der Waals surface area (Å²) in [7, 11) is 1.66. The molecule has 0 bridgehead atoms. The van der Waals surface area contributed by atoms with Crippen molar-refractivity contribution >= 4 is 11.6 Å². The van der Waals surface area contributed by atoms with E-state index in [1.807, 2.05) is 6.07 Å². The van der Waals surface area contributed by atoms with Crippen molar-refractivity contribution in [3.63, 3.8) is 0 Å². The predicted octanol–water partition coefficient (Wildman–Crippen LogP) is 2.27. The highest BCUT2D eigenvalue weighted by Crippen LogP contribution is 2.26. The van der Waals surface area contributed by atoms with Crippen LogP contribution < -0.4 is 10.6 Å². The lowest BCUT2D eigenvalue weighted by Gasteiger charge is -2.25. The molecule has 0 aromatic carbocycles. The van der Waals surface area contributed by atoms with Gasteiger partial charge >= 0.3 is 0 Å². The van der Waals surface area contributed by atoms with Gasteiger partial charge in [-0.2, -0.15) is 0 Å². The molecule has 0 aliphatic heterocycles. The van der Waals surface area contributed by atoms with E-state index in [1.165, 1.54) is 19.3 Å². The molecule has 1 aliphatic rings. The van der Waals surface area contributed by atoms with Gasteiger partial charge in [0, 0.05) is 26.3 Å². The Morgan fingerprint density at radius 1 is 1.28 bits per heavy atom. The van der Waals surface area contributed by atoms with Crippen LogP contribution in [0.15, 0.2) is 6.07 Å². The van der Waals surface area contributed by atoms with Crippen LogP contribution in [0.25, 0.3) is 0 Å². The minimum Gasteiger partial charge on any atom is -0.377 e. The Hall–Kier alpha value is -1.36. The zero-order valence-corrected chi connectivity index (χ0v) is 11.2. The second-order valence-electron chi connectivity index (χ2n) is 4.70. The largest absolute Gasteiger partial charge is 0.377 e. The second-order valence-corrected chi connectivity index (χ2v) is 4.70. The van der Waals surface area contributed by atoms with E-state index in [2.05, 4.69) is 27.5 Å². The van der Waals surface area contributed by atoms with E-state index in [4.69, 9.17) is 4.74 Å². The fourth-order valence-electron chi connectivity index (χ4n) is 2.00. The zero-order chi connectivity index (χ0) is 12.8. The number of aromatic nitrogens is 2. The Morgan fingerprint density at radius 2 is 2.00 bits per heavy atom. The van der Waals surface area contributed by atoms with Crippen molar-refractivity contribution < 1.29 is 4.74 Å². The van der Waals surface area contributed by atoms with Gasteiger partial charge in [0.2, 0.25) is 0 Å². The van der Waals surface area contributed by atoms with Crippen molar-refractivity contribution in [3.05, 3.63) is 11.9 Å². The van der Waals surface area contributed by atoms with Gasteiger partial charge in [0.1, 0.15) is 18.2 Å². The van der Waals surface area contributed by atoms with E-state index in [9.17, 15) is 0 Å². The van der Waals surface area contributed by atoms with E-state index in [0.717, 1.165) is 30.6 Å². The first kappa shape index (κ1) is 13.1. The molecule has 1 saturated carbocycles. The summed E-state index contributed by atoms with van der Waals surface area (Å²) in [5.41, 5.74) is 0. The van der Waals surface area contributed by atoms with Gasteiger partial charge in [0.05, 0.1) is 0 Å². The maximum Gasteiger partial charge on any atom is 0.158 e. The van der Waals surface area contributed by atoms with Crippen molar-refractivity contribution in [2.75, 3.05) is 30.8 Å². The second kappa shape index (κ2) is 6.54. The summed E-state index contributed by atoms with van der Waals surface area (Å²) >= 11 is 0. The fraction of sp³-hybridized carbons (Fsp3) is 0.692. The summed E-state index contributed by atoms with van der Waals surface area (Å²) in [6, 6.07) is 1.96. The van der Waals surface area contributed by atoms with E-state index in [0.29, 0.717) is 12.4 Å². The van der Waals surface area contributed by atoms with Gasteiger partial charge in [0.15, 0.2) is 5.82 Å². The first-order valence-electron chi connectivity index (χ1n) is 6.66. The molecule has 1 fully saturated rings. The average molecular weight is 250 g/mol. The molecule has 1 aromatic rings. The third-order valence-electron chi connectivity index (χ3n) is 3.20. The maximum atomic E-state index is 5.09. The van der Waals surface area contributed by atoms with Crippen LogP contribution >= 0.6 is 0 Å². The number of hydrogen-bond donors (Lipinski definition) is 2. The van der Waals surface area contributed by atoms with Gasteiger partial charge in [-0.05, 0) is 25.7 Å². The molecule has 100 valence electrons. The van der Waals surface area contributed by atoms with Gasteiger partial charge in [-0.1, -0.05) is 6.42 Å². The molecule has 0 unspecified atom stereocenters. The van der Waals surface area contributed by atoms with Crippen molar-refractivity contribution in [1.29, 1.82) is 0 Å². The van der Waals surface area contributed by atoms with E-state index in [-0.39, 0.29) is 0 Å². The smallest absolute Gasteiger partial charge is 0.158 e. The van der Waals surface area contributed by atoms with Crippen LogP contribution in [0.3, 0.4) is 0 Å². The molecule has 5 nitrogen and oxygen atoms in total. The molecule has 0 saturated heterocycles. The number of rotatable bonds is 7. The summed E-state index contributed by atoms with van der Waals surface area (Å²) in [6.45, 7) is 4.36. The molecule has 18 heavy (non-hydrogen) atoms. The Kier molecular flexibility index (Phi) is 4.75. The molecule has 1 aliphatic carbocycles. The van der Waals surface area contributed by atoms with Crippen molar-refractivity contribution in [1.82, 2.24) is 9.97 Å². The minimum absolute atomic E-state index is 0.442. The maximum absolute atomic E-state index is 5.09. The molecule has 1 aromatic heterocycles. The fourth-order valence-corrected chi connectivity index (χ4v) is 2.00. The number of ether oxygens (including phenoxy) is 1. The first-order valence-corrected chi connectivity index (χ1v) is 6.66. The minimum atomic E-state index is 0.442. The molecule has 0 atom stereocenters. The monoisotopic (exact) mass is 250 g/mol. The normalized spacial score (nSPS) is 15.2. The zero-order valence-electron chi connectivity index (χ0n) is 11.2. The van der Waals surface area contributed by atoms with E-state index in [1.54, 1.807) is 7.11 Å². The molecule has 2 N–H and O–H groups in total. The third kappa shape index (κ3) is 3.57. The first-order chi connectivity index (χ1) is 8.81. The number of nitrogens with zero attached hydrogens (tertiary/aromatic N) is 2. The molecule has 5 heteroatoms. The van der Waals surface area contributed by atoms with Crippen LogP contribution in [0.2, 0.25) is 0 Å². The van der Waals surface area contributed by atoms with Gasteiger partial charge in [-0.3, -0.25) is 0 Å². The van der Waals surface area contributed by atoms with Crippen LogP contribution in [-0.2, 0) is 11.3 Å². The van der Waals surface area contributed by atoms with Crippen LogP contribution in [-0.4, -0.2) is 30.2 Å². The van der Waals surface area contributed by atoms with Gasteiger partial charge < -0.3 is 15.4 Å². The molecule has 0 spiro atoms. The van der Waals surface area contributed by atoms with Crippen LogP contribution in [0.1, 0.15) is 32.0 Å². The number of hydrogen-bond acceptors (Lipinski definition) is 5. The van der Waals surface area contributed by atoms with Crippen molar-refractivity contribution in [3.8, 4) is 0 Å². The molecular weight excluding hydrogens is 228 g/mol. The number of methoxy groups -OCH3 is 1. The summed E-state index contributed by atoms with van der Waals surface area (Å²) < 4.78 is 5.09. The van der Waals surface area contributed by atoms with Gasteiger partial charge in [-0.15, -0.1) is 0 Å². The predicted molar refractivity (Wildman–Crippen MR) is 72.7 cm³/mol. The Labute approximate surface area is 108 Å². The molecular formula is C13H22N4O. The summed E-state index contributed by atoms with van der Waals surface area (Å²) in [4.78, 5) is 8.84. The van der Waals surface area contributed by atoms with E-state index < -0.39 is 0 Å². The van der Waals surface area contributed by atoms with Crippen LogP contribution in [0.4, 0.5) is 11.6 Å². The highest BCUT2D eigenvalue weighted by molar-refractivity contribution is 5.47. The Bertz CT molecular complexity index is 355. The summed E-state index contributed by atoms with van der Waals surface area (Å²) in [6.07, 6.45) is 4.04. The SMILES string of the molecule is CCNc1cc(NCC2CCC2)nc(COC)n1. The molecule has 0 radical (unpaired) electrons. The van der Waals surface area contributed by atoms with Gasteiger partial charge in [-0.25, -0.2) is 9.97 Å². The third-order valence-corrected chi connectivity index (χ3v) is 3.20. The Balaban J connectivity index is 2.00. The number of anilines is 2. The standard InChI is InChI=1S/C13H22N4O/c1-3-14-11-7-12(15-8-10-5-4-6-10)17-13(16-11)9-18-2/h7,10H,3-6,8-9H2,1-2H3,(H2,14,15,16,17). The lowest BCUT2D eigenvalue weighted by Crippen LogP contribution is -2.21.